The van der Waals surface area contributed by atoms with Gasteiger partial charge in [0.2, 0.25) is 0 Å². The van der Waals surface area contributed by atoms with Gasteiger partial charge >= 0.3 is 0 Å². The molecule has 0 amide bonds. The Hall–Kier alpha value is -1.80. The Balaban J connectivity index is 2.03. The van der Waals surface area contributed by atoms with E-state index in [1.54, 1.807) is 6.26 Å². The van der Waals surface area contributed by atoms with Crippen LogP contribution in [0.25, 0.3) is 0 Å². The van der Waals surface area contributed by atoms with E-state index in [2.05, 4.69) is 43.1 Å². The first-order valence-corrected chi connectivity index (χ1v) is 6.21. The number of benzene rings is 1. The fraction of sp³-hybridized carbons (Fsp3) is 0.250. The highest BCUT2D eigenvalue weighted by molar-refractivity contribution is 5.20. The topological polar surface area (TPSA) is 25.2 Å². The van der Waals surface area contributed by atoms with Gasteiger partial charge in [0, 0.05) is 6.04 Å². The number of nitrogens with one attached hydrogen (secondary N) is 1. The molecule has 1 aromatic heterocycles. The van der Waals surface area contributed by atoms with Gasteiger partial charge in [0.05, 0.1) is 12.8 Å². The van der Waals surface area contributed by atoms with Gasteiger partial charge in [0.25, 0.3) is 0 Å². The van der Waals surface area contributed by atoms with Crippen molar-refractivity contribution in [1.82, 2.24) is 5.32 Å². The Morgan fingerprint density at radius 2 is 2.00 bits per heavy atom. The van der Waals surface area contributed by atoms with E-state index in [0.717, 1.165) is 18.7 Å². The van der Waals surface area contributed by atoms with Crippen LogP contribution in [0.15, 0.2) is 65.3 Å². The quantitative estimate of drug-likeness (QED) is 0.771. The van der Waals surface area contributed by atoms with Crippen molar-refractivity contribution in [3.8, 4) is 0 Å². The Morgan fingerprint density at radius 3 is 2.61 bits per heavy atom. The zero-order chi connectivity index (χ0) is 12.8. The van der Waals surface area contributed by atoms with Crippen LogP contribution in [-0.4, -0.2) is 0 Å². The van der Waals surface area contributed by atoms with Crippen molar-refractivity contribution in [2.75, 3.05) is 0 Å². The van der Waals surface area contributed by atoms with E-state index in [1.165, 1.54) is 11.1 Å². The zero-order valence-electron chi connectivity index (χ0n) is 10.7. The summed E-state index contributed by atoms with van der Waals surface area (Å²) in [6.07, 6.45) is 2.64. The van der Waals surface area contributed by atoms with Crippen LogP contribution in [0.2, 0.25) is 0 Å². The summed E-state index contributed by atoms with van der Waals surface area (Å²) >= 11 is 0. The second-order valence-corrected chi connectivity index (χ2v) is 4.58. The number of rotatable bonds is 6. The molecule has 2 heteroatoms. The molecule has 0 aliphatic carbocycles. The van der Waals surface area contributed by atoms with Crippen molar-refractivity contribution in [2.24, 2.45) is 0 Å². The second-order valence-electron chi connectivity index (χ2n) is 4.58. The van der Waals surface area contributed by atoms with Gasteiger partial charge in [-0.25, -0.2) is 0 Å². The van der Waals surface area contributed by atoms with Gasteiger partial charge in [-0.2, -0.15) is 0 Å². The highest BCUT2D eigenvalue weighted by Gasteiger charge is 2.11. The first-order chi connectivity index (χ1) is 8.75. The number of furan rings is 1. The fourth-order valence-electron chi connectivity index (χ4n) is 1.98. The molecule has 0 spiro atoms. The summed E-state index contributed by atoms with van der Waals surface area (Å²) < 4.78 is 5.34. The minimum Gasteiger partial charge on any atom is -0.468 e. The summed E-state index contributed by atoms with van der Waals surface area (Å²) in [6.45, 7) is 6.80. The SMILES string of the molecule is C=C(C)C[C@H](NCc1ccco1)c1ccccc1. The van der Waals surface area contributed by atoms with E-state index >= 15 is 0 Å². The molecule has 0 saturated carbocycles. The lowest BCUT2D eigenvalue weighted by Crippen LogP contribution is -2.20. The van der Waals surface area contributed by atoms with Crippen LogP contribution < -0.4 is 5.32 Å². The molecule has 18 heavy (non-hydrogen) atoms. The largest absolute Gasteiger partial charge is 0.468 e. The maximum absolute atomic E-state index is 5.34. The van der Waals surface area contributed by atoms with Gasteiger partial charge in [-0.3, -0.25) is 0 Å². The molecule has 94 valence electrons. The molecule has 2 aromatic rings. The molecule has 0 radical (unpaired) electrons. The molecule has 0 unspecified atom stereocenters. The molecular formula is C16H19NO. The molecule has 1 N–H and O–H groups in total. The normalized spacial score (nSPS) is 12.3. The molecule has 0 aliphatic heterocycles. The molecule has 0 fully saturated rings. The van der Waals surface area contributed by atoms with Crippen molar-refractivity contribution in [2.45, 2.75) is 25.9 Å². The lowest BCUT2D eigenvalue weighted by atomic mass is 10.0. The molecule has 0 bridgehead atoms. The summed E-state index contributed by atoms with van der Waals surface area (Å²) in [7, 11) is 0. The monoisotopic (exact) mass is 241 g/mol. The van der Waals surface area contributed by atoms with Gasteiger partial charge in [-0.05, 0) is 31.0 Å². The average Bonchev–Trinajstić information content (AvgIpc) is 2.88. The van der Waals surface area contributed by atoms with Crippen molar-refractivity contribution in [3.63, 3.8) is 0 Å². The van der Waals surface area contributed by atoms with Gasteiger partial charge in [0.1, 0.15) is 5.76 Å². The molecule has 0 aliphatic rings. The molecular weight excluding hydrogens is 222 g/mol. The number of hydrogen-bond donors (Lipinski definition) is 1. The Kier molecular flexibility index (Phi) is 4.37. The second kappa shape index (κ2) is 6.22. The molecule has 1 aromatic carbocycles. The summed E-state index contributed by atoms with van der Waals surface area (Å²) in [6, 6.07) is 14.6. The first kappa shape index (κ1) is 12.7. The van der Waals surface area contributed by atoms with Crippen LogP contribution in [0.5, 0.6) is 0 Å². The first-order valence-electron chi connectivity index (χ1n) is 6.21. The highest BCUT2D eigenvalue weighted by atomic mass is 16.3. The summed E-state index contributed by atoms with van der Waals surface area (Å²) in [5.74, 6) is 0.956. The van der Waals surface area contributed by atoms with Crippen LogP contribution in [0, 0.1) is 0 Å². The van der Waals surface area contributed by atoms with Crippen LogP contribution in [0.4, 0.5) is 0 Å². The van der Waals surface area contributed by atoms with Gasteiger partial charge in [0.15, 0.2) is 0 Å². The van der Waals surface area contributed by atoms with E-state index in [0.29, 0.717) is 0 Å². The smallest absolute Gasteiger partial charge is 0.117 e. The molecule has 2 rings (SSSR count). The van der Waals surface area contributed by atoms with Crippen molar-refractivity contribution >= 4 is 0 Å². The molecule has 1 heterocycles. The highest BCUT2D eigenvalue weighted by Crippen LogP contribution is 2.20. The van der Waals surface area contributed by atoms with E-state index in [1.807, 2.05) is 18.2 Å². The Labute approximate surface area is 108 Å². The predicted octanol–water partition coefficient (Wildman–Crippen LogP) is 4.08. The third-order valence-corrected chi connectivity index (χ3v) is 2.86. The van der Waals surface area contributed by atoms with Gasteiger partial charge < -0.3 is 9.73 Å². The lowest BCUT2D eigenvalue weighted by Gasteiger charge is -2.18. The standard InChI is InChI=1S/C16H19NO/c1-13(2)11-16(14-7-4-3-5-8-14)17-12-15-9-6-10-18-15/h3-10,16-17H,1,11-12H2,2H3/t16-/m0/s1. The third kappa shape index (κ3) is 3.60. The lowest BCUT2D eigenvalue weighted by molar-refractivity contribution is 0.447. The van der Waals surface area contributed by atoms with E-state index < -0.39 is 0 Å². The molecule has 2 nitrogen and oxygen atoms in total. The van der Waals surface area contributed by atoms with Crippen molar-refractivity contribution in [3.05, 3.63) is 72.2 Å². The summed E-state index contributed by atoms with van der Waals surface area (Å²) in [5, 5.41) is 3.52. The number of hydrogen-bond acceptors (Lipinski definition) is 2. The zero-order valence-corrected chi connectivity index (χ0v) is 10.7. The maximum atomic E-state index is 5.34. The summed E-state index contributed by atoms with van der Waals surface area (Å²) in [4.78, 5) is 0. The third-order valence-electron chi connectivity index (χ3n) is 2.86. The van der Waals surface area contributed by atoms with Gasteiger partial charge in [-0.1, -0.05) is 35.9 Å². The van der Waals surface area contributed by atoms with E-state index in [-0.39, 0.29) is 6.04 Å². The van der Waals surface area contributed by atoms with Crippen LogP contribution in [0.3, 0.4) is 0 Å². The summed E-state index contributed by atoms with van der Waals surface area (Å²) in [5.41, 5.74) is 2.46. The van der Waals surface area contributed by atoms with Gasteiger partial charge in [-0.15, -0.1) is 6.58 Å². The molecule has 1 atom stereocenters. The van der Waals surface area contributed by atoms with Crippen LogP contribution in [-0.2, 0) is 6.54 Å². The predicted molar refractivity (Wildman–Crippen MR) is 74.2 cm³/mol. The molecule has 0 saturated heterocycles. The van der Waals surface area contributed by atoms with E-state index in [4.69, 9.17) is 4.42 Å². The van der Waals surface area contributed by atoms with Crippen molar-refractivity contribution < 1.29 is 4.42 Å². The minimum absolute atomic E-state index is 0.286. The maximum Gasteiger partial charge on any atom is 0.117 e. The van der Waals surface area contributed by atoms with Crippen LogP contribution >= 0.6 is 0 Å². The van der Waals surface area contributed by atoms with Crippen LogP contribution in [0.1, 0.15) is 30.7 Å². The van der Waals surface area contributed by atoms with E-state index in [9.17, 15) is 0 Å². The minimum atomic E-state index is 0.286. The fourth-order valence-corrected chi connectivity index (χ4v) is 1.98. The Bertz CT molecular complexity index is 473. The Morgan fingerprint density at radius 1 is 1.22 bits per heavy atom. The average molecular weight is 241 g/mol. The van der Waals surface area contributed by atoms with Crippen molar-refractivity contribution in [1.29, 1.82) is 0 Å².